The van der Waals surface area contributed by atoms with Crippen LogP contribution in [0.15, 0.2) is 18.2 Å². The van der Waals surface area contributed by atoms with Crippen LogP contribution in [0.25, 0.3) is 0 Å². The van der Waals surface area contributed by atoms with Gasteiger partial charge in [0.1, 0.15) is 6.10 Å². The number of benzene rings is 1. The van der Waals surface area contributed by atoms with Gasteiger partial charge in [-0.15, -0.1) is 0 Å². The number of hydrogen-bond acceptors (Lipinski definition) is 8. The third-order valence-electron chi connectivity index (χ3n) is 6.29. The van der Waals surface area contributed by atoms with Crippen molar-refractivity contribution in [3.05, 3.63) is 23.8 Å². The fourth-order valence-corrected chi connectivity index (χ4v) is 4.66. The quantitative estimate of drug-likeness (QED) is 0.694. The second-order valence-corrected chi connectivity index (χ2v) is 7.99. The minimum Gasteiger partial charge on any atom is -0.454 e. The highest BCUT2D eigenvalue weighted by Crippen LogP contribution is 2.34. The fraction of sp³-hybridized carbons (Fsp3) is 0.650. The number of carbonyl (C=O) groups is 1. The Morgan fingerprint density at radius 1 is 1.21 bits per heavy atom. The van der Waals surface area contributed by atoms with Crippen LogP contribution >= 0.6 is 0 Å². The van der Waals surface area contributed by atoms with Crippen molar-refractivity contribution in [2.75, 3.05) is 39.6 Å². The number of nitrogens with zero attached hydrogens (tertiary/aromatic N) is 2. The van der Waals surface area contributed by atoms with E-state index in [0.29, 0.717) is 39.3 Å². The molecule has 9 nitrogen and oxygen atoms in total. The first-order valence-electron chi connectivity index (χ1n) is 10.2. The van der Waals surface area contributed by atoms with Crippen molar-refractivity contribution in [3.8, 4) is 11.5 Å². The van der Waals surface area contributed by atoms with Crippen LogP contribution in [0.5, 0.6) is 11.5 Å². The summed E-state index contributed by atoms with van der Waals surface area (Å²) in [4.78, 5) is 15.6. The van der Waals surface area contributed by atoms with E-state index in [1.807, 2.05) is 23.1 Å². The molecule has 5 unspecified atom stereocenters. The molecule has 3 saturated heterocycles. The lowest BCUT2D eigenvalue weighted by atomic mass is 9.94. The van der Waals surface area contributed by atoms with Gasteiger partial charge < -0.3 is 34.3 Å². The van der Waals surface area contributed by atoms with Gasteiger partial charge in [-0.05, 0) is 17.7 Å². The number of ether oxygens (including phenoxy) is 4. The highest BCUT2D eigenvalue weighted by atomic mass is 16.7. The summed E-state index contributed by atoms with van der Waals surface area (Å²) in [6, 6.07) is 5.35. The number of amides is 1. The molecule has 0 aliphatic carbocycles. The third-order valence-corrected chi connectivity index (χ3v) is 6.29. The topological polar surface area (TPSA) is 92.7 Å². The summed E-state index contributed by atoms with van der Waals surface area (Å²) in [7, 11) is 0. The largest absolute Gasteiger partial charge is 0.454 e. The maximum absolute atomic E-state index is 11.6. The van der Waals surface area contributed by atoms with Gasteiger partial charge in [-0.25, -0.2) is 0 Å². The Hall–Kier alpha value is -1.91. The van der Waals surface area contributed by atoms with Crippen molar-refractivity contribution < 1.29 is 28.8 Å². The molecule has 5 rings (SSSR count). The van der Waals surface area contributed by atoms with Crippen LogP contribution in [0.4, 0.5) is 0 Å². The number of piperazine rings is 1. The Bertz CT molecular complexity index is 769. The number of rotatable bonds is 4. The summed E-state index contributed by atoms with van der Waals surface area (Å²) >= 11 is 0. The molecule has 29 heavy (non-hydrogen) atoms. The Balaban J connectivity index is 1.25. The molecule has 158 valence electrons. The van der Waals surface area contributed by atoms with Crippen molar-refractivity contribution in [1.29, 1.82) is 0 Å². The van der Waals surface area contributed by atoms with E-state index >= 15 is 0 Å². The first kappa shape index (κ1) is 19.1. The fourth-order valence-electron chi connectivity index (χ4n) is 4.66. The van der Waals surface area contributed by atoms with Gasteiger partial charge in [0.25, 0.3) is 0 Å². The van der Waals surface area contributed by atoms with Gasteiger partial charge in [-0.3, -0.25) is 9.69 Å². The van der Waals surface area contributed by atoms with Crippen molar-refractivity contribution in [2.24, 2.45) is 0 Å². The summed E-state index contributed by atoms with van der Waals surface area (Å²) in [5.74, 6) is 1.59. The van der Waals surface area contributed by atoms with Crippen LogP contribution in [0.1, 0.15) is 12.5 Å². The number of fused-ring (bicyclic) bond motifs is 3. The highest BCUT2D eigenvalue weighted by molar-refractivity contribution is 5.73. The van der Waals surface area contributed by atoms with Gasteiger partial charge in [-0.1, -0.05) is 6.07 Å². The molecule has 1 amide bonds. The number of carbonyl (C=O) groups excluding carboxylic acids is 1. The lowest BCUT2D eigenvalue weighted by Gasteiger charge is -2.46. The zero-order valence-corrected chi connectivity index (χ0v) is 16.5. The molecule has 2 bridgehead atoms. The highest BCUT2D eigenvalue weighted by Gasteiger charge is 2.52. The minimum absolute atomic E-state index is 0.0885. The van der Waals surface area contributed by atoms with Crippen molar-refractivity contribution in [1.82, 2.24) is 15.1 Å². The predicted molar refractivity (Wildman–Crippen MR) is 101 cm³/mol. The average Bonchev–Trinajstić information content (AvgIpc) is 3.36. The smallest absolute Gasteiger partial charge is 0.231 e. The Morgan fingerprint density at radius 2 is 2.00 bits per heavy atom. The van der Waals surface area contributed by atoms with E-state index in [1.165, 1.54) is 0 Å². The molecular formula is C20H27N3O6. The first-order valence-corrected chi connectivity index (χ1v) is 10.2. The summed E-state index contributed by atoms with van der Waals surface area (Å²) < 4.78 is 22.7. The van der Waals surface area contributed by atoms with Crippen LogP contribution in [0, 0.1) is 0 Å². The van der Waals surface area contributed by atoms with Crippen molar-refractivity contribution in [3.63, 3.8) is 0 Å². The maximum atomic E-state index is 11.6. The van der Waals surface area contributed by atoms with E-state index in [0.717, 1.165) is 17.1 Å². The lowest BCUT2D eigenvalue weighted by Crippen LogP contribution is -2.66. The molecule has 0 saturated carbocycles. The van der Waals surface area contributed by atoms with Gasteiger partial charge in [0, 0.05) is 39.6 Å². The van der Waals surface area contributed by atoms with Crippen LogP contribution in [-0.2, 0) is 20.8 Å². The second kappa shape index (κ2) is 7.73. The normalized spacial score (nSPS) is 33.9. The number of aliphatic hydroxyl groups excluding tert-OH is 1. The van der Waals surface area contributed by atoms with E-state index in [-0.39, 0.29) is 30.9 Å². The number of nitrogens with one attached hydrogen (secondary N) is 1. The lowest BCUT2D eigenvalue weighted by molar-refractivity contribution is -0.186. The molecular weight excluding hydrogens is 378 g/mol. The zero-order chi connectivity index (χ0) is 20.0. The Labute approximate surface area is 169 Å². The Kier molecular flexibility index (Phi) is 5.09. The molecule has 1 aromatic rings. The summed E-state index contributed by atoms with van der Waals surface area (Å²) in [6.45, 7) is 5.59. The van der Waals surface area contributed by atoms with E-state index in [2.05, 4.69) is 10.2 Å². The second-order valence-electron chi connectivity index (χ2n) is 7.99. The average molecular weight is 405 g/mol. The Morgan fingerprint density at radius 3 is 2.79 bits per heavy atom. The number of hydrogen-bond donors (Lipinski definition) is 2. The van der Waals surface area contributed by atoms with Gasteiger partial charge >= 0.3 is 0 Å². The van der Waals surface area contributed by atoms with Crippen molar-refractivity contribution >= 4 is 5.91 Å². The number of aliphatic hydroxyl groups is 1. The molecule has 0 aromatic heterocycles. The molecule has 0 radical (unpaired) electrons. The first-order chi connectivity index (χ1) is 14.1. The minimum atomic E-state index is -0.626. The molecule has 3 fully saturated rings. The van der Waals surface area contributed by atoms with Crippen molar-refractivity contribution in [2.45, 2.75) is 44.1 Å². The molecule has 0 spiro atoms. The summed E-state index contributed by atoms with van der Waals surface area (Å²) in [6.07, 6.45) is -1.24. The van der Waals surface area contributed by atoms with Gasteiger partial charge in [0.2, 0.25) is 12.7 Å². The zero-order valence-electron chi connectivity index (χ0n) is 16.5. The predicted octanol–water partition coefficient (Wildman–Crippen LogP) is -0.478. The van der Waals surface area contributed by atoms with Gasteiger partial charge in [0.05, 0.1) is 24.8 Å². The van der Waals surface area contributed by atoms with Crippen LogP contribution in [-0.4, -0.2) is 91.0 Å². The summed E-state index contributed by atoms with van der Waals surface area (Å²) in [5.41, 5.74) is 1.05. The van der Waals surface area contributed by atoms with Crippen LogP contribution < -0.4 is 14.8 Å². The van der Waals surface area contributed by atoms with E-state index in [9.17, 15) is 9.90 Å². The van der Waals surface area contributed by atoms with E-state index < -0.39 is 12.4 Å². The molecule has 1 aromatic carbocycles. The van der Waals surface area contributed by atoms with Gasteiger partial charge in [-0.2, -0.15) is 0 Å². The maximum Gasteiger partial charge on any atom is 0.231 e. The molecule has 4 aliphatic heterocycles. The SMILES string of the molecule is CC(=O)N1CCN(C2C3OCC(O3)C(NCc3ccc4c(c3)OCO4)C2O)CC1. The molecule has 9 heteroatoms. The van der Waals surface area contributed by atoms with E-state index in [1.54, 1.807) is 6.92 Å². The molecule has 4 heterocycles. The molecule has 2 N–H and O–H groups in total. The molecule has 4 aliphatic rings. The standard InChI is InChI=1S/C20H27N3O6/c1-12(24)22-4-6-23(7-5-22)18-19(25)17(16-10-26-20(18)29-16)21-9-13-2-3-14-15(8-13)28-11-27-14/h2-3,8,16-21,25H,4-7,9-11H2,1H3. The monoisotopic (exact) mass is 405 g/mol. The van der Waals surface area contributed by atoms with Crippen LogP contribution in [0.2, 0.25) is 0 Å². The van der Waals surface area contributed by atoms with E-state index in [4.69, 9.17) is 18.9 Å². The van der Waals surface area contributed by atoms with Gasteiger partial charge in [0.15, 0.2) is 17.8 Å². The summed E-state index contributed by atoms with van der Waals surface area (Å²) in [5, 5.41) is 14.6. The molecule has 5 atom stereocenters. The van der Waals surface area contributed by atoms with Crippen LogP contribution in [0.3, 0.4) is 0 Å². The third kappa shape index (κ3) is 3.57.